The number of carboxylic acid groups (broad SMARTS) is 1. The van der Waals surface area contributed by atoms with Gasteiger partial charge in [0.15, 0.2) is 0 Å². The first-order chi connectivity index (χ1) is 16.5. The Balaban J connectivity index is 1.42. The van der Waals surface area contributed by atoms with Crippen LogP contribution in [0, 0.1) is 29.5 Å². The lowest BCUT2D eigenvalue weighted by atomic mass is 9.81. The molecule has 0 amide bonds. The number of likely N-dealkylation sites (tertiary alicyclic amines) is 1. The molecule has 2 aromatic heterocycles. The molecule has 1 aliphatic rings. The summed E-state index contributed by atoms with van der Waals surface area (Å²) in [4.78, 5) is 19.0. The Labute approximate surface area is 201 Å². The van der Waals surface area contributed by atoms with Crippen molar-refractivity contribution in [2.24, 2.45) is 11.8 Å². The highest BCUT2D eigenvalue weighted by molar-refractivity contribution is 7.10. The Morgan fingerprint density at radius 1 is 1.41 bits per heavy atom. The first kappa shape index (κ1) is 24.1. The summed E-state index contributed by atoms with van der Waals surface area (Å²) < 4.78 is 35.1. The number of alkyl halides is 1. The summed E-state index contributed by atoms with van der Waals surface area (Å²) in [5, 5.41) is 12.1. The van der Waals surface area contributed by atoms with Crippen molar-refractivity contribution >= 4 is 28.2 Å². The molecule has 0 unspecified atom stereocenters. The van der Waals surface area contributed by atoms with Gasteiger partial charge in [0.25, 0.3) is 0 Å². The third-order valence-corrected chi connectivity index (χ3v) is 7.15. The van der Waals surface area contributed by atoms with Crippen molar-refractivity contribution in [1.29, 1.82) is 0 Å². The molecule has 1 aliphatic heterocycles. The Bertz CT molecular complexity index is 1210. The number of nitrogens with zero attached hydrogens (tertiary/aromatic N) is 2. The molecule has 3 atom stereocenters. The molecule has 3 heterocycles. The van der Waals surface area contributed by atoms with E-state index in [1.165, 1.54) is 7.11 Å². The number of carboxylic acids is 1. The number of carbonyl (C=O) groups is 1. The number of benzene rings is 1. The molecule has 1 saturated heterocycles. The molecule has 5 nitrogen and oxygen atoms in total. The summed E-state index contributed by atoms with van der Waals surface area (Å²) in [5.41, 5.74) is 0.442. The van der Waals surface area contributed by atoms with Crippen LogP contribution in [0.3, 0.4) is 0 Å². The van der Waals surface area contributed by atoms with Crippen molar-refractivity contribution in [3.8, 4) is 17.6 Å². The van der Waals surface area contributed by atoms with E-state index in [1.807, 2.05) is 22.4 Å². The molecule has 3 aromatic rings. The van der Waals surface area contributed by atoms with Gasteiger partial charge in [-0.15, -0.1) is 11.3 Å². The van der Waals surface area contributed by atoms with Gasteiger partial charge < -0.3 is 9.84 Å². The molecule has 0 bridgehead atoms. The van der Waals surface area contributed by atoms with Crippen LogP contribution < -0.4 is 4.74 Å². The minimum absolute atomic E-state index is 0.0415. The molecule has 0 saturated carbocycles. The highest BCUT2D eigenvalue weighted by Crippen LogP contribution is 2.36. The largest absolute Gasteiger partial charge is 0.497 e. The number of aliphatic carboxylic acids is 1. The van der Waals surface area contributed by atoms with Crippen molar-refractivity contribution in [1.82, 2.24) is 9.88 Å². The van der Waals surface area contributed by atoms with Crippen LogP contribution in [0.4, 0.5) is 8.78 Å². The van der Waals surface area contributed by atoms with E-state index in [-0.39, 0.29) is 17.9 Å². The molecular formula is C26H26F2N2O3S. The molecule has 4 rings (SSSR count). The zero-order chi connectivity index (χ0) is 24.1. The number of halogens is 2. The maximum Gasteiger partial charge on any atom is 0.308 e. The monoisotopic (exact) mass is 484 g/mol. The lowest BCUT2D eigenvalue weighted by Crippen LogP contribution is -2.44. The predicted octanol–water partition coefficient (Wildman–Crippen LogP) is 5.31. The number of pyridine rings is 1. The van der Waals surface area contributed by atoms with E-state index in [9.17, 15) is 14.3 Å². The molecule has 0 radical (unpaired) electrons. The molecule has 1 fully saturated rings. The standard InChI is InChI=1S/C26H26F2N2O3S/c1-33-18-7-9-24-20(14-18)25(23(28)15-29-24)22(27)8-6-17-10-12-30(16-21(17)26(31)32)11-2-4-19-5-3-13-34-19/h3,5,7,9,13-15,17,21-22H,6,8,10-12,16H2,1H3,(H,31,32)/t17-,21+,22-/m0/s1. The van der Waals surface area contributed by atoms with Gasteiger partial charge in [-0.1, -0.05) is 17.9 Å². The maximum absolute atomic E-state index is 15.3. The summed E-state index contributed by atoms with van der Waals surface area (Å²) in [5.74, 6) is 4.32. The van der Waals surface area contributed by atoms with Crippen LogP contribution in [-0.4, -0.2) is 47.7 Å². The van der Waals surface area contributed by atoms with E-state index < -0.39 is 23.9 Å². The second-order valence-corrected chi connectivity index (χ2v) is 9.40. The van der Waals surface area contributed by atoms with Gasteiger partial charge >= 0.3 is 5.97 Å². The van der Waals surface area contributed by atoms with Crippen LogP contribution in [-0.2, 0) is 4.79 Å². The third kappa shape index (κ3) is 5.54. The smallest absolute Gasteiger partial charge is 0.308 e. The topological polar surface area (TPSA) is 62.7 Å². The van der Waals surface area contributed by atoms with Gasteiger partial charge in [-0.25, -0.2) is 8.78 Å². The number of piperidine rings is 1. The molecule has 1 N–H and O–H groups in total. The number of methoxy groups -OCH3 is 1. The molecule has 1 aromatic carbocycles. The fourth-order valence-electron chi connectivity index (χ4n) is 4.54. The predicted molar refractivity (Wildman–Crippen MR) is 128 cm³/mol. The van der Waals surface area contributed by atoms with E-state index in [0.29, 0.717) is 49.1 Å². The number of thiophene rings is 1. The van der Waals surface area contributed by atoms with Gasteiger partial charge in [0, 0.05) is 17.5 Å². The minimum atomic E-state index is -1.57. The normalized spacial score (nSPS) is 19.4. The van der Waals surface area contributed by atoms with E-state index in [4.69, 9.17) is 4.74 Å². The molecular weight excluding hydrogens is 458 g/mol. The van der Waals surface area contributed by atoms with Crippen molar-refractivity contribution in [3.63, 3.8) is 0 Å². The first-order valence-corrected chi connectivity index (χ1v) is 12.1. The Hall–Kier alpha value is -3.02. The lowest BCUT2D eigenvalue weighted by Gasteiger charge is -2.35. The number of fused-ring (bicyclic) bond motifs is 1. The molecule has 0 spiro atoms. The van der Waals surface area contributed by atoms with Gasteiger partial charge in [-0.05, 0) is 61.4 Å². The quantitative estimate of drug-likeness (QED) is 0.461. The minimum Gasteiger partial charge on any atom is -0.497 e. The van der Waals surface area contributed by atoms with Crippen molar-refractivity contribution < 1.29 is 23.4 Å². The average molecular weight is 485 g/mol. The Morgan fingerprint density at radius 2 is 2.26 bits per heavy atom. The van der Waals surface area contributed by atoms with Gasteiger partial charge in [0.05, 0.1) is 36.2 Å². The second-order valence-electron chi connectivity index (χ2n) is 8.46. The SMILES string of the molecule is COc1ccc2ncc(F)c([C@@H](F)CC[C@H]3CCN(CC#Cc4cccs4)C[C@H]3C(=O)O)c2c1. The van der Waals surface area contributed by atoms with Crippen LogP contribution in [0.2, 0.25) is 0 Å². The molecule has 8 heteroatoms. The summed E-state index contributed by atoms with van der Waals surface area (Å²) in [6, 6.07) is 8.84. The number of hydrogen-bond acceptors (Lipinski definition) is 5. The van der Waals surface area contributed by atoms with Gasteiger partial charge in [-0.3, -0.25) is 14.7 Å². The van der Waals surface area contributed by atoms with Gasteiger partial charge in [0.2, 0.25) is 0 Å². The summed E-state index contributed by atoms with van der Waals surface area (Å²) in [7, 11) is 1.49. The highest BCUT2D eigenvalue weighted by atomic mass is 32.1. The summed E-state index contributed by atoms with van der Waals surface area (Å²) in [6.45, 7) is 1.57. The summed E-state index contributed by atoms with van der Waals surface area (Å²) in [6.07, 6.45) is 0.506. The fraction of sp³-hybridized carbons (Fsp3) is 0.385. The zero-order valence-electron chi connectivity index (χ0n) is 18.8. The third-order valence-electron chi connectivity index (χ3n) is 6.36. The number of rotatable bonds is 7. The van der Waals surface area contributed by atoms with Crippen molar-refractivity contribution in [2.45, 2.75) is 25.4 Å². The fourth-order valence-corrected chi connectivity index (χ4v) is 5.13. The Kier molecular flexibility index (Phi) is 7.76. The van der Waals surface area contributed by atoms with Crippen LogP contribution in [0.1, 0.15) is 35.9 Å². The van der Waals surface area contributed by atoms with Crippen LogP contribution in [0.5, 0.6) is 5.75 Å². The van der Waals surface area contributed by atoms with E-state index in [0.717, 1.165) is 11.1 Å². The summed E-state index contributed by atoms with van der Waals surface area (Å²) >= 11 is 1.57. The second kappa shape index (κ2) is 10.9. The average Bonchev–Trinajstić information content (AvgIpc) is 3.36. The van der Waals surface area contributed by atoms with E-state index in [1.54, 1.807) is 29.5 Å². The molecule has 178 valence electrons. The molecule has 34 heavy (non-hydrogen) atoms. The van der Waals surface area contributed by atoms with Crippen LogP contribution in [0.25, 0.3) is 10.9 Å². The van der Waals surface area contributed by atoms with Gasteiger partial charge in [0.1, 0.15) is 17.7 Å². The number of ether oxygens (including phenoxy) is 1. The van der Waals surface area contributed by atoms with Crippen LogP contribution in [0.15, 0.2) is 41.9 Å². The number of aromatic nitrogens is 1. The highest BCUT2D eigenvalue weighted by Gasteiger charge is 2.34. The zero-order valence-corrected chi connectivity index (χ0v) is 19.7. The number of hydrogen-bond donors (Lipinski definition) is 1. The van der Waals surface area contributed by atoms with E-state index >= 15 is 4.39 Å². The van der Waals surface area contributed by atoms with E-state index in [2.05, 4.69) is 16.8 Å². The maximum atomic E-state index is 15.3. The van der Waals surface area contributed by atoms with Gasteiger partial charge in [-0.2, -0.15) is 0 Å². The Morgan fingerprint density at radius 3 is 3.00 bits per heavy atom. The van der Waals surface area contributed by atoms with Crippen LogP contribution >= 0.6 is 11.3 Å². The van der Waals surface area contributed by atoms with Crippen molar-refractivity contribution in [2.75, 3.05) is 26.7 Å². The molecule has 0 aliphatic carbocycles. The first-order valence-electron chi connectivity index (χ1n) is 11.2. The lowest BCUT2D eigenvalue weighted by molar-refractivity contribution is -0.146. The van der Waals surface area contributed by atoms with Crippen molar-refractivity contribution in [3.05, 3.63) is 58.2 Å².